The molecule has 2 aliphatic rings. The van der Waals surface area contributed by atoms with Crippen LogP contribution in [0.3, 0.4) is 0 Å². The Labute approximate surface area is 152 Å². The molecule has 3 rings (SSSR count). The molecule has 6 nitrogen and oxygen atoms in total. The molecule has 25 heavy (non-hydrogen) atoms. The van der Waals surface area contributed by atoms with Crippen molar-refractivity contribution in [2.75, 3.05) is 37.6 Å². The van der Waals surface area contributed by atoms with Crippen LogP contribution < -0.4 is 10.2 Å². The Morgan fingerprint density at radius 1 is 1.28 bits per heavy atom. The van der Waals surface area contributed by atoms with Gasteiger partial charge in [-0.1, -0.05) is 17.7 Å². The third kappa shape index (κ3) is 4.18. The highest BCUT2D eigenvalue weighted by Crippen LogP contribution is 2.29. The van der Waals surface area contributed by atoms with Crippen molar-refractivity contribution in [3.8, 4) is 0 Å². The van der Waals surface area contributed by atoms with Crippen LogP contribution in [0.5, 0.6) is 0 Å². The molecule has 2 saturated heterocycles. The minimum Gasteiger partial charge on any atom is -0.481 e. The van der Waals surface area contributed by atoms with Crippen molar-refractivity contribution in [3.05, 3.63) is 28.8 Å². The fraction of sp³-hybridized carbons (Fsp3) is 0.556. The second kappa shape index (κ2) is 7.52. The van der Waals surface area contributed by atoms with Gasteiger partial charge in [0, 0.05) is 43.4 Å². The Morgan fingerprint density at radius 2 is 2.08 bits per heavy atom. The topological polar surface area (TPSA) is 72.9 Å². The molecule has 0 aliphatic carbocycles. The van der Waals surface area contributed by atoms with E-state index < -0.39 is 11.9 Å². The van der Waals surface area contributed by atoms with Gasteiger partial charge in [0.15, 0.2) is 0 Å². The van der Waals surface area contributed by atoms with Gasteiger partial charge in [0.2, 0.25) is 0 Å². The van der Waals surface area contributed by atoms with Crippen molar-refractivity contribution in [2.24, 2.45) is 11.8 Å². The van der Waals surface area contributed by atoms with E-state index in [1.807, 2.05) is 18.2 Å². The van der Waals surface area contributed by atoms with E-state index in [0.29, 0.717) is 32.0 Å². The number of carboxylic acids is 1. The number of nitrogens with zero attached hydrogens (tertiary/aromatic N) is 2. The first kappa shape index (κ1) is 17.9. The number of carboxylic acid groups (broad SMARTS) is 1. The van der Waals surface area contributed by atoms with Gasteiger partial charge in [-0.25, -0.2) is 4.79 Å². The van der Waals surface area contributed by atoms with Gasteiger partial charge in [0.25, 0.3) is 0 Å². The Kier molecular flexibility index (Phi) is 5.37. The summed E-state index contributed by atoms with van der Waals surface area (Å²) >= 11 is 6.11. The largest absolute Gasteiger partial charge is 0.481 e. The van der Waals surface area contributed by atoms with Crippen molar-refractivity contribution in [1.29, 1.82) is 0 Å². The van der Waals surface area contributed by atoms with Crippen molar-refractivity contribution in [2.45, 2.75) is 19.8 Å². The molecule has 2 atom stereocenters. The molecule has 0 bridgehead atoms. The molecule has 0 aromatic heterocycles. The van der Waals surface area contributed by atoms with E-state index >= 15 is 0 Å². The molecule has 1 aromatic carbocycles. The van der Waals surface area contributed by atoms with E-state index in [1.165, 1.54) is 5.56 Å². The van der Waals surface area contributed by atoms with Crippen LogP contribution in [-0.2, 0) is 4.79 Å². The van der Waals surface area contributed by atoms with Crippen molar-refractivity contribution >= 4 is 29.3 Å². The van der Waals surface area contributed by atoms with Gasteiger partial charge in [0.05, 0.1) is 5.92 Å². The number of hydrogen-bond acceptors (Lipinski definition) is 3. The molecule has 2 N–H and O–H groups in total. The van der Waals surface area contributed by atoms with E-state index in [4.69, 9.17) is 16.7 Å². The van der Waals surface area contributed by atoms with Crippen LogP contribution in [0.1, 0.15) is 18.4 Å². The van der Waals surface area contributed by atoms with Gasteiger partial charge in [-0.3, -0.25) is 4.79 Å². The lowest BCUT2D eigenvalue weighted by molar-refractivity contribution is -0.141. The molecule has 2 fully saturated rings. The van der Waals surface area contributed by atoms with Gasteiger partial charge >= 0.3 is 12.0 Å². The highest BCUT2D eigenvalue weighted by atomic mass is 35.5. The molecule has 136 valence electrons. The van der Waals surface area contributed by atoms with E-state index in [1.54, 1.807) is 4.90 Å². The molecule has 0 spiro atoms. The lowest BCUT2D eigenvalue weighted by Gasteiger charge is -2.22. The van der Waals surface area contributed by atoms with Crippen LogP contribution in [0.2, 0.25) is 5.02 Å². The van der Waals surface area contributed by atoms with Gasteiger partial charge in [0.1, 0.15) is 0 Å². The van der Waals surface area contributed by atoms with Gasteiger partial charge in [-0.15, -0.1) is 0 Å². The molecule has 7 heteroatoms. The number of halogens is 1. The summed E-state index contributed by atoms with van der Waals surface area (Å²) in [6.45, 7) is 5.35. The van der Waals surface area contributed by atoms with E-state index in [0.717, 1.165) is 30.2 Å². The quantitative estimate of drug-likeness (QED) is 0.860. The molecule has 0 radical (unpaired) electrons. The van der Waals surface area contributed by atoms with E-state index in [-0.39, 0.29) is 6.03 Å². The summed E-state index contributed by atoms with van der Waals surface area (Å²) in [5, 5.41) is 12.7. The smallest absolute Gasteiger partial charge is 0.317 e. The van der Waals surface area contributed by atoms with Crippen LogP contribution in [-0.4, -0.2) is 54.7 Å². The summed E-state index contributed by atoms with van der Waals surface area (Å²) in [6, 6.07) is 5.77. The summed E-state index contributed by atoms with van der Waals surface area (Å²) in [5.41, 5.74) is 2.36. The second-order valence-corrected chi connectivity index (χ2v) is 7.42. The maximum absolute atomic E-state index is 12.2. The van der Waals surface area contributed by atoms with Crippen LogP contribution >= 0.6 is 11.6 Å². The number of hydrogen-bond donors (Lipinski definition) is 2. The number of aliphatic carboxylic acids is 1. The number of carbonyl (C=O) groups excluding carboxylic acids is 1. The number of carbonyl (C=O) groups is 2. The summed E-state index contributed by atoms with van der Waals surface area (Å²) in [5.74, 6) is -0.864. The predicted octanol–water partition coefficient (Wildman–Crippen LogP) is 2.59. The Bertz CT molecular complexity index is 667. The minimum absolute atomic E-state index is 0.152. The number of likely N-dealkylation sites (tertiary alicyclic amines) is 1. The first-order valence-corrected chi connectivity index (χ1v) is 9.08. The lowest BCUT2D eigenvalue weighted by Crippen LogP contribution is -2.41. The Morgan fingerprint density at radius 3 is 2.80 bits per heavy atom. The van der Waals surface area contributed by atoms with E-state index in [9.17, 15) is 9.59 Å². The molecular weight excluding hydrogens is 342 g/mol. The summed E-state index contributed by atoms with van der Waals surface area (Å²) in [4.78, 5) is 27.1. The number of nitrogens with one attached hydrogen (secondary N) is 1. The average molecular weight is 366 g/mol. The number of benzene rings is 1. The fourth-order valence-electron chi connectivity index (χ4n) is 3.63. The Balaban J connectivity index is 1.48. The third-order valence-electron chi connectivity index (χ3n) is 5.16. The molecule has 2 amide bonds. The van der Waals surface area contributed by atoms with Crippen LogP contribution in [0.25, 0.3) is 0 Å². The minimum atomic E-state index is -0.821. The monoisotopic (exact) mass is 365 g/mol. The zero-order valence-electron chi connectivity index (χ0n) is 14.4. The molecule has 0 saturated carbocycles. The number of urea groups is 1. The maximum atomic E-state index is 12.2. The standard InChI is InChI=1S/C18H24ClN3O3/c1-12-2-3-15(19)8-16(12)21-6-4-13(10-21)9-20-18(25)22-7-5-14(11-22)17(23)24/h2-3,8,13-14H,4-7,9-11H2,1H3,(H,20,25)(H,23,24). The fourth-order valence-corrected chi connectivity index (χ4v) is 3.80. The number of anilines is 1. The zero-order chi connectivity index (χ0) is 18.0. The number of rotatable bonds is 4. The number of aryl methyl sites for hydroxylation is 1. The molecule has 2 aliphatic heterocycles. The van der Waals surface area contributed by atoms with Gasteiger partial charge in [-0.2, -0.15) is 0 Å². The summed E-state index contributed by atoms with van der Waals surface area (Å²) < 4.78 is 0. The Hall–Kier alpha value is -1.95. The molecule has 2 unspecified atom stereocenters. The van der Waals surface area contributed by atoms with Crippen LogP contribution in [0.4, 0.5) is 10.5 Å². The summed E-state index contributed by atoms with van der Waals surface area (Å²) in [7, 11) is 0. The third-order valence-corrected chi connectivity index (χ3v) is 5.40. The maximum Gasteiger partial charge on any atom is 0.317 e. The van der Waals surface area contributed by atoms with Crippen LogP contribution in [0.15, 0.2) is 18.2 Å². The lowest BCUT2D eigenvalue weighted by atomic mass is 10.1. The summed E-state index contributed by atoms with van der Waals surface area (Å²) in [6.07, 6.45) is 1.55. The highest BCUT2D eigenvalue weighted by Gasteiger charge is 2.31. The van der Waals surface area contributed by atoms with Gasteiger partial charge in [-0.05, 0) is 43.4 Å². The average Bonchev–Trinajstić information content (AvgIpc) is 3.24. The van der Waals surface area contributed by atoms with Crippen molar-refractivity contribution in [1.82, 2.24) is 10.2 Å². The predicted molar refractivity (Wildman–Crippen MR) is 97.2 cm³/mol. The molecular formula is C18H24ClN3O3. The number of amides is 2. The second-order valence-electron chi connectivity index (χ2n) is 6.99. The zero-order valence-corrected chi connectivity index (χ0v) is 15.1. The van der Waals surface area contributed by atoms with Crippen molar-refractivity contribution < 1.29 is 14.7 Å². The SMILES string of the molecule is Cc1ccc(Cl)cc1N1CCC(CNC(=O)N2CCC(C(=O)O)C2)C1. The first-order chi connectivity index (χ1) is 11.9. The van der Waals surface area contributed by atoms with Crippen molar-refractivity contribution in [3.63, 3.8) is 0 Å². The molecule has 2 heterocycles. The first-order valence-electron chi connectivity index (χ1n) is 8.70. The van der Waals surface area contributed by atoms with E-state index in [2.05, 4.69) is 17.1 Å². The highest BCUT2D eigenvalue weighted by molar-refractivity contribution is 6.30. The molecule has 1 aromatic rings. The normalized spacial score (nSPS) is 23.1. The van der Waals surface area contributed by atoms with Crippen LogP contribution in [0, 0.1) is 18.8 Å². The van der Waals surface area contributed by atoms with Gasteiger partial charge < -0.3 is 20.2 Å².